The monoisotopic (exact) mass is 438 g/mol. The lowest BCUT2D eigenvalue weighted by molar-refractivity contribution is -0.189. The van der Waals surface area contributed by atoms with Crippen LogP contribution in [0.25, 0.3) is 0 Å². The van der Waals surface area contributed by atoms with Crippen LogP contribution in [0, 0.1) is 17.2 Å². The van der Waals surface area contributed by atoms with Gasteiger partial charge in [0.2, 0.25) is 5.91 Å². The average Bonchev–Trinajstić information content (AvgIpc) is 3.09. The molecule has 11 heteroatoms. The number of alkyl halides is 3. The van der Waals surface area contributed by atoms with E-state index in [2.05, 4.69) is 5.32 Å². The van der Waals surface area contributed by atoms with Crippen molar-refractivity contribution in [2.24, 2.45) is 5.92 Å². The molecule has 0 heterocycles. The van der Waals surface area contributed by atoms with Crippen LogP contribution in [0.1, 0.15) is 26.2 Å². The number of carbonyl (C=O) groups excluding carboxylic acids is 1. The van der Waals surface area contributed by atoms with Crippen LogP contribution in [0.5, 0.6) is 5.75 Å². The number of nitrogens with one attached hydrogen (secondary N) is 1. The molecule has 0 radical (unpaired) electrons. The number of hydrogen-bond acceptors (Lipinski definition) is 5. The summed E-state index contributed by atoms with van der Waals surface area (Å²) in [5.74, 6) is -1.11. The standard InChI is InChI=1S/C17H18ClF3N2O4S/c1-10(17(19,20)21)27-12-3-5-15(14(18)9-12)28(25,26)13-4-2-11(8-13)16(24)23-7-6-22/h3,5,9-11,13H,2,4,7-8H2,1H3,(H,23,24)/t10-,11+,13+/m1/s1. The van der Waals surface area contributed by atoms with E-state index in [0.717, 1.165) is 25.1 Å². The van der Waals surface area contributed by atoms with E-state index in [1.807, 2.05) is 0 Å². The molecular formula is C17H18ClF3N2O4S. The smallest absolute Gasteiger partial charge is 0.425 e. The van der Waals surface area contributed by atoms with E-state index >= 15 is 0 Å². The van der Waals surface area contributed by atoms with Gasteiger partial charge in [0.25, 0.3) is 0 Å². The van der Waals surface area contributed by atoms with Crippen molar-refractivity contribution in [3.8, 4) is 11.8 Å². The number of carbonyl (C=O) groups is 1. The Morgan fingerprint density at radius 1 is 1.43 bits per heavy atom. The van der Waals surface area contributed by atoms with E-state index in [9.17, 15) is 26.4 Å². The third-order valence-corrected chi connectivity index (χ3v) is 7.22. The summed E-state index contributed by atoms with van der Waals surface area (Å²) < 4.78 is 68.2. The lowest BCUT2D eigenvalue weighted by Crippen LogP contribution is -2.31. The van der Waals surface area contributed by atoms with Gasteiger partial charge in [0.15, 0.2) is 15.9 Å². The maximum absolute atomic E-state index is 12.8. The highest BCUT2D eigenvalue weighted by molar-refractivity contribution is 7.92. The maximum atomic E-state index is 12.8. The molecule has 28 heavy (non-hydrogen) atoms. The molecule has 0 aliphatic heterocycles. The van der Waals surface area contributed by atoms with Gasteiger partial charge in [0.05, 0.1) is 21.2 Å². The lowest BCUT2D eigenvalue weighted by atomic mass is 10.1. The van der Waals surface area contributed by atoms with Crippen molar-refractivity contribution in [2.45, 2.75) is 48.6 Å². The van der Waals surface area contributed by atoms with Gasteiger partial charge in [-0.1, -0.05) is 11.6 Å². The van der Waals surface area contributed by atoms with Crippen molar-refractivity contribution in [1.82, 2.24) is 5.32 Å². The fourth-order valence-corrected chi connectivity index (χ4v) is 5.34. The van der Waals surface area contributed by atoms with Crippen LogP contribution in [-0.2, 0) is 14.6 Å². The zero-order valence-corrected chi connectivity index (χ0v) is 16.4. The number of nitrogens with zero attached hydrogens (tertiary/aromatic N) is 1. The molecule has 1 N–H and O–H groups in total. The van der Waals surface area contributed by atoms with Crippen LogP contribution in [0.3, 0.4) is 0 Å². The quantitative estimate of drug-likeness (QED) is 0.688. The van der Waals surface area contributed by atoms with Gasteiger partial charge in [0.1, 0.15) is 12.3 Å². The van der Waals surface area contributed by atoms with Gasteiger partial charge in [-0.05, 0) is 38.3 Å². The number of rotatable bonds is 6. The van der Waals surface area contributed by atoms with E-state index in [4.69, 9.17) is 21.6 Å². The zero-order valence-electron chi connectivity index (χ0n) is 14.8. The largest absolute Gasteiger partial charge is 0.481 e. The molecule has 0 saturated heterocycles. The first-order valence-corrected chi connectivity index (χ1v) is 10.3. The molecule has 1 aliphatic carbocycles. The lowest BCUT2D eigenvalue weighted by Gasteiger charge is -2.19. The second-order valence-corrected chi connectivity index (χ2v) is 9.05. The first-order chi connectivity index (χ1) is 13.0. The molecule has 1 saturated carbocycles. The summed E-state index contributed by atoms with van der Waals surface area (Å²) in [6, 6.07) is 5.03. The molecule has 6 nitrogen and oxygen atoms in total. The highest BCUT2D eigenvalue weighted by atomic mass is 35.5. The van der Waals surface area contributed by atoms with Crippen molar-refractivity contribution in [1.29, 1.82) is 5.26 Å². The number of sulfone groups is 1. The Kier molecular flexibility index (Phi) is 6.83. The number of amides is 1. The number of nitriles is 1. The molecule has 0 unspecified atom stereocenters. The Morgan fingerprint density at radius 3 is 2.68 bits per heavy atom. The van der Waals surface area contributed by atoms with Crippen molar-refractivity contribution in [2.75, 3.05) is 6.54 Å². The third-order valence-electron chi connectivity index (χ3n) is 4.52. The molecule has 2 rings (SSSR count). The van der Waals surface area contributed by atoms with Gasteiger partial charge >= 0.3 is 6.18 Å². The number of benzene rings is 1. The topological polar surface area (TPSA) is 96.3 Å². The summed E-state index contributed by atoms with van der Waals surface area (Å²) >= 11 is 6.00. The predicted octanol–water partition coefficient (Wildman–Crippen LogP) is 3.25. The van der Waals surface area contributed by atoms with E-state index in [1.165, 1.54) is 0 Å². The van der Waals surface area contributed by atoms with Crippen LogP contribution in [0.2, 0.25) is 5.02 Å². The Hall–Kier alpha value is -1.99. The van der Waals surface area contributed by atoms with E-state index in [-0.39, 0.29) is 41.0 Å². The maximum Gasteiger partial charge on any atom is 0.425 e. The molecule has 1 aromatic carbocycles. The summed E-state index contributed by atoms with van der Waals surface area (Å²) in [6.45, 7) is 0.672. The molecule has 154 valence electrons. The molecule has 1 aliphatic rings. The Bertz CT molecular complexity index is 883. The van der Waals surface area contributed by atoms with Gasteiger partial charge in [-0.15, -0.1) is 0 Å². The first kappa shape index (κ1) is 22.3. The number of ether oxygens (including phenoxy) is 1. The molecule has 0 spiro atoms. The number of hydrogen-bond donors (Lipinski definition) is 1. The summed E-state index contributed by atoms with van der Waals surface area (Å²) in [5.41, 5.74) is 0. The van der Waals surface area contributed by atoms with E-state index < -0.39 is 33.3 Å². The normalized spacial score (nSPS) is 21.0. The summed E-state index contributed by atoms with van der Waals surface area (Å²) in [4.78, 5) is 11.7. The van der Waals surface area contributed by atoms with E-state index in [0.29, 0.717) is 6.42 Å². The van der Waals surface area contributed by atoms with Gasteiger partial charge in [-0.3, -0.25) is 4.79 Å². The third kappa shape index (κ3) is 5.08. The predicted molar refractivity (Wildman–Crippen MR) is 94.5 cm³/mol. The summed E-state index contributed by atoms with van der Waals surface area (Å²) in [7, 11) is -3.88. The van der Waals surface area contributed by atoms with Crippen LogP contribution in [0.4, 0.5) is 13.2 Å². The van der Waals surface area contributed by atoms with Crippen LogP contribution < -0.4 is 10.1 Å². The van der Waals surface area contributed by atoms with Crippen LogP contribution in [-0.4, -0.2) is 38.4 Å². The fraction of sp³-hybridized carbons (Fsp3) is 0.529. The van der Waals surface area contributed by atoms with Crippen molar-refractivity contribution in [3.05, 3.63) is 23.2 Å². The van der Waals surface area contributed by atoms with Crippen molar-refractivity contribution in [3.63, 3.8) is 0 Å². The average molecular weight is 439 g/mol. The molecular weight excluding hydrogens is 421 g/mol. The molecule has 1 amide bonds. The second kappa shape index (κ2) is 8.57. The minimum absolute atomic E-state index is 0.0826. The van der Waals surface area contributed by atoms with Gasteiger partial charge in [0, 0.05) is 12.0 Å². The first-order valence-electron chi connectivity index (χ1n) is 8.38. The Morgan fingerprint density at radius 2 is 2.11 bits per heavy atom. The molecule has 0 bridgehead atoms. The zero-order chi connectivity index (χ0) is 21.1. The van der Waals surface area contributed by atoms with Crippen LogP contribution >= 0.6 is 11.6 Å². The molecule has 0 aromatic heterocycles. The fourth-order valence-electron chi connectivity index (χ4n) is 2.97. The van der Waals surface area contributed by atoms with Crippen LogP contribution in [0.15, 0.2) is 23.1 Å². The summed E-state index contributed by atoms with van der Waals surface area (Å²) in [5, 5.41) is 9.81. The van der Waals surface area contributed by atoms with E-state index in [1.54, 1.807) is 6.07 Å². The minimum atomic E-state index is -4.57. The minimum Gasteiger partial charge on any atom is -0.481 e. The van der Waals surface area contributed by atoms with Crippen molar-refractivity contribution >= 4 is 27.3 Å². The Balaban J connectivity index is 2.14. The van der Waals surface area contributed by atoms with Gasteiger partial charge < -0.3 is 10.1 Å². The van der Waals surface area contributed by atoms with Gasteiger partial charge in [-0.2, -0.15) is 18.4 Å². The molecule has 3 atom stereocenters. The molecule has 1 aromatic rings. The number of halogens is 4. The highest BCUT2D eigenvalue weighted by Crippen LogP contribution is 2.37. The van der Waals surface area contributed by atoms with Gasteiger partial charge in [-0.25, -0.2) is 8.42 Å². The van der Waals surface area contributed by atoms with Crippen molar-refractivity contribution < 1.29 is 31.1 Å². The molecule has 1 fully saturated rings. The Labute approximate surface area is 165 Å². The highest BCUT2D eigenvalue weighted by Gasteiger charge is 2.40. The summed E-state index contributed by atoms with van der Waals surface area (Å²) in [6.07, 6.45) is -5.97. The SMILES string of the molecule is C[C@@H](Oc1ccc(S(=O)(=O)[C@H]2CC[C@H](C(=O)NCC#N)C2)c(Cl)c1)C(F)(F)F. The second-order valence-electron chi connectivity index (χ2n) is 6.45.